The van der Waals surface area contributed by atoms with Gasteiger partial charge in [0.1, 0.15) is 24.0 Å². The summed E-state index contributed by atoms with van der Waals surface area (Å²) >= 11 is 0. The third-order valence-electron chi connectivity index (χ3n) is 13.6. The molecule has 3 aromatic rings. The van der Waals surface area contributed by atoms with Crippen molar-refractivity contribution in [2.24, 2.45) is 29.1 Å². The molecule has 0 radical (unpaired) electrons. The molecule has 3 aromatic carbocycles. The molecule has 0 aromatic heterocycles. The lowest BCUT2D eigenvalue weighted by atomic mass is 9.52. The van der Waals surface area contributed by atoms with Gasteiger partial charge in [-0.25, -0.2) is 0 Å². The van der Waals surface area contributed by atoms with E-state index in [4.69, 9.17) is 9.57 Å². The number of carbonyl (C=O) groups is 2. The van der Waals surface area contributed by atoms with Crippen molar-refractivity contribution in [2.45, 2.75) is 90.8 Å². The highest BCUT2D eigenvalue weighted by Crippen LogP contribution is 2.54. The summed E-state index contributed by atoms with van der Waals surface area (Å²) in [5.74, 6) is 0.711. The lowest BCUT2D eigenvalue weighted by molar-refractivity contribution is -0.182. The van der Waals surface area contributed by atoms with Crippen LogP contribution in [0.15, 0.2) is 66.7 Å². The molecule has 0 bridgehead atoms. The van der Waals surface area contributed by atoms with Crippen molar-refractivity contribution in [1.29, 1.82) is 0 Å². The van der Waals surface area contributed by atoms with Crippen LogP contribution in [0.25, 0.3) is 11.1 Å². The number of aliphatic hydroxyl groups excluding tert-OH is 3. The topological polar surface area (TPSA) is 147 Å². The van der Waals surface area contributed by atoms with E-state index in [2.05, 4.69) is 43.2 Å². The van der Waals surface area contributed by atoms with Crippen LogP contribution in [-0.2, 0) is 16.2 Å². The molecule has 1 saturated carbocycles. The van der Waals surface area contributed by atoms with Gasteiger partial charge in [-0.1, -0.05) is 76.2 Å². The summed E-state index contributed by atoms with van der Waals surface area (Å²) in [5.41, 5.74) is 4.39. The average Bonchev–Trinajstić information content (AvgIpc) is 3.89. The summed E-state index contributed by atoms with van der Waals surface area (Å²) < 4.78 is 6.10. The highest BCUT2D eigenvalue weighted by atomic mass is 16.7. The van der Waals surface area contributed by atoms with Gasteiger partial charge in [-0.05, 0) is 91.8 Å². The number of hydroxylamine groups is 2. The van der Waals surface area contributed by atoms with Gasteiger partial charge in [-0.3, -0.25) is 14.4 Å². The van der Waals surface area contributed by atoms with Crippen LogP contribution in [-0.4, -0.2) is 115 Å². The Morgan fingerprint density at radius 1 is 1.02 bits per heavy atom. The highest BCUT2D eigenvalue weighted by molar-refractivity contribution is 5.97. The zero-order valence-electron chi connectivity index (χ0n) is 36.2. The summed E-state index contributed by atoms with van der Waals surface area (Å²) in [5, 5.41) is 40.8. The smallest absolute Gasteiger partial charge is 0.251 e. The zero-order valence-corrected chi connectivity index (χ0v) is 36.2. The van der Waals surface area contributed by atoms with Crippen LogP contribution in [0.4, 0.5) is 5.69 Å². The van der Waals surface area contributed by atoms with Gasteiger partial charge in [0.05, 0.1) is 32.4 Å². The number of hydrogen-bond acceptors (Lipinski definition) is 10. The maximum atomic E-state index is 14.2. The van der Waals surface area contributed by atoms with Crippen LogP contribution in [0.1, 0.15) is 81.5 Å². The molecule has 0 spiro atoms. The molecule has 2 amide bonds. The number of amides is 2. The Hall–Kier alpha value is -4.04. The third kappa shape index (κ3) is 9.79. The zero-order chi connectivity index (χ0) is 42.6. The minimum Gasteiger partial charge on any atom is -0.496 e. The molecule has 2 heterocycles. The van der Waals surface area contributed by atoms with E-state index in [0.29, 0.717) is 36.2 Å². The second kappa shape index (κ2) is 19.1. The standard InChI is InChI=1S/C47H67N5O7/c1-29(38-21-30(2)47(38,4)5)25-48-46(57)42-41(31(3)54)40(28-53)59-52(42)26-33-17-14-18-37(44(33)58-8)34-22-35(24-36(23-34)50(6)7)45(56)49-39(27-51-19-12-13-20-51)43(55)32-15-10-9-11-16-32/h9-11,14-18,22-24,29-31,38-43,53-55H,12-13,19-21,25-28H2,1-8H3,(H,48,57)(H,49,56)/t29-,30+,31+,38+,39-,40+,41-,42+,43-/m1/s1. The summed E-state index contributed by atoms with van der Waals surface area (Å²) in [6.45, 7) is 13.3. The predicted molar refractivity (Wildman–Crippen MR) is 231 cm³/mol. The molecular weight excluding hydrogens is 747 g/mol. The molecule has 322 valence electrons. The number of ether oxygens (including phenoxy) is 1. The van der Waals surface area contributed by atoms with E-state index in [1.54, 1.807) is 19.1 Å². The fraction of sp³-hybridized carbons (Fsp3) is 0.574. The molecule has 5 N–H and O–H groups in total. The first-order valence-electron chi connectivity index (χ1n) is 21.4. The lowest BCUT2D eigenvalue weighted by Crippen LogP contribution is -2.52. The second-order valence-corrected chi connectivity index (χ2v) is 18.1. The molecule has 3 fully saturated rings. The number of aliphatic hydroxyl groups is 3. The number of hydrogen-bond donors (Lipinski definition) is 5. The number of carbonyl (C=O) groups excluding carboxylic acids is 2. The minimum atomic E-state index is -0.924. The van der Waals surface area contributed by atoms with Gasteiger partial charge >= 0.3 is 0 Å². The number of benzene rings is 3. The van der Waals surface area contributed by atoms with Crippen molar-refractivity contribution in [2.75, 3.05) is 58.9 Å². The molecular formula is C47H67N5O7. The van der Waals surface area contributed by atoms with Crippen LogP contribution in [0.5, 0.6) is 5.75 Å². The Kier molecular flexibility index (Phi) is 14.4. The van der Waals surface area contributed by atoms with E-state index in [1.807, 2.05) is 85.7 Å². The molecule has 59 heavy (non-hydrogen) atoms. The lowest BCUT2D eigenvalue weighted by Gasteiger charge is -2.53. The maximum Gasteiger partial charge on any atom is 0.251 e. The molecule has 2 saturated heterocycles. The van der Waals surface area contributed by atoms with Crippen molar-refractivity contribution in [1.82, 2.24) is 20.6 Å². The van der Waals surface area contributed by atoms with E-state index in [9.17, 15) is 24.9 Å². The Morgan fingerprint density at radius 3 is 2.34 bits per heavy atom. The second-order valence-electron chi connectivity index (χ2n) is 18.1. The molecule has 3 aliphatic rings. The van der Waals surface area contributed by atoms with E-state index in [1.165, 1.54) is 0 Å². The number of nitrogens with zero attached hydrogens (tertiary/aromatic N) is 3. The van der Waals surface area contributed by atoms with Crippen LogP contribution >= 0.6 is 0 Å². The summed E-state index contributed by atoms with van der Waals surface area (Å²) in [6.07, 6.45) is 0.713. The fourth-order valence-corrected chi connectivity index (χ4v) is 9.65. The van der Waals surface area contributed by atoms with Gasteiger partial charge < -0.3 is 40.5 Å². The number of rotatable bonds is 17. The molecule has 0 unspecified atom stereocenters. The highest BCUT2D eigenvalue weighted by Gasteiger charge is 2.50. The number of nitrogens with one attached hydrogen (secondary N) is 2. The molecule has 1 aliphatic carbocycles. The number of likely N-dealkylation sites (tertiary alicyclic amines) is 1. The number of para-hydroxylation sites is 1. The normalized spacial score (nSPS) is 25.1. The average molecular weight is 814 g/mol. The van der Waals surface area contributed by atoms with E-state index in [0.717, 1.165) is 60.3 Å². The van der Waals surface area contributed by atoms with Gasteiger partial charge in [0.15, 0.2) is 0 Å². The third-order valence-corrected chi connectivity index (χ3v) is 13.6. The SMILES string of the molecule is COc1c(CN2O[C@@H](CO)[C@@H]([C@H](C)O)[C@H]2C(=O)NC[C@@H](C)[C@@H]2C[C@H](C)C2(C)C)cccc1-c1cc(C(=O)N[C@H](CN2CCCC2)[C@H](O)c2ccccc2)cc(N(C)C)c1. The van der Waals surface area contributed by atoms with Crippen molar-refractivity contribution < 1.29 is 34.5 Å². The fourth-order valence-electron chi connectivity index (χ4n) is 9.65. The Labute approximate surface area is 350 Å². The molecule has 12 heteroatoms. The quantitative estimate of drug-likeness (QED) is 0.122. The number of anilines is 1. The first-order chi connectivity index (χ1) is 28.1. The van der Waals surface area contributed by atoms with Crippen molar-refractivity contribution in [3.8, 4) is 16.9 Å². The van der Waals surface area contributed by atoms with Gasteiger partial charge in [-0.2, -0.15) is 5.06 Å². The van der Waals surface area contributed by atoms with Gasteiger partial charge in [-0.15, -0.1) is 0 Å². The van der Waals surface area contributed by atoms with Crippen molar-refractivity contribution >= 4 is 17.5 Å². The predicted octanol–water partition coefficient (Wildman–Crippen LogP) is 5.26. The summed E-state index contributed by atoms with van der Waals surface area (Å²) in [7, 11) is 5.43. The summed E-state index contributed by atoms with van der Waals surface area (Å²) in [6, 6.07) is 19.5. The number of methoxy groups -OCH3 is 1. The van der Waals surface area contributed by atoms with E-state index >= 15 is 0 Å². The molecule has 12 nitrogen and oxygen atoms in total. The molecule has 2 aliphatic heterocycles. The van der Waals surface area contributed by atoms with E-state index < -0.39 is 36.3 Å². The summed E-state index contributed by atoms with van der Waals surface area (Å²) in [4.78, 5) is 38.8. The Morgan fingerprint density at radius 2 is 1.73 bits per heavy atom. The van der Waals surface area contributed by atoms with Crippen LogP contribution in [0.3, 0.4) is 0 Å². The van der Waals surface area contributed by atoms with Crippen LogP contribution in [0, 0.1) is 29.1 Å². The molecule has 6 rings (SSSR count). The van der Waals surface area contributed by atoms with Gasteiger partial charge in [0.2, 0.25) is 5.91 Å². The minimum absolute atomic E-state index is 0.133. The van der Waals surface area contributed by atoms with E-state index in [-0.39, 0.29) is 36.3 Å². The van der Waals surface area contributed by atoms with Crippen molar-refractivity contribution in [3.63, 3.8) is 0 Å². The first kappa shape index (κ1) is 44.5. The van der Waals surface area contributed by atoms with Gasteiger partial charge in [0.25, 0.3) is 5.91 Å². The first-order valence-corrected chi connectivity index (χ1v) is 21.4. The maximum absolute atomic E-state index is 14.2. The van der Waals surface area contributed by atoms with Gasteiger partial charge in [0, 0.05) is 55.5 Å². The largest absolute Gasteiger partial charge is 0.496 e. The monoisotopic (exact) mass is 814 g/mol. The Balaban J connectivity index is 1.27. The molecule has 9 atom stereocenters. The van der Waals surface area contributed by atoms with Crippen LogP contribution < -0.4 is 20.3 Å². The van der Waals surface area contributed by atoms with Crippen molar-refractivity contribution in [3.05, 3.63) is 83.4 Å². The van der Waals surface area contributed by atoms with Crippen LogP contribution in [0.2, 0.25) is 0 Å². The Bertz CT molecular complexity index is 1880.